The summed E-state index contributed by atoms with van der Waals surface area (Å²) in [4.78, 5) is 2.39. The molecular weight excluding hydrogens is 198 g/mol. The predicted octanol–water partition coefficient (Wildman–Crippen LogP) is 2.62. The van der Waals surface area contributed by atoms with Crippen LogP contribution < -0.4 is 0 Å². The van der Waals surface area contributed by atoms with Gasteiger partial charge in [-0.25, -0.2) is 0 Å². The van der Waals surface area contributed by atoms with Gasteiger partial charge in [0.15, 0.2) is 0 Å². The molecule has 0 saturated carbocycles. The van der Waals surface area contributed by atoms with Crippen LogP contribution in [0, 0.1) is 0 Å². The fourth-order valence-corrected chi connectivity index (χ4v) is 1.76. The highest BCUT2D eigenvalue weighted by Crippen LogP contribution is 2.15. The third-order valence-electron chi connectivity index (χ3n) is 3.12. The van der Waals surface area contributed by atoms with Gasteiger partial charge in [-0.3, -0.25) is 4.90 Å². The molecule has 90 valence electrons. The Morgan fingerprint density at radius 2 is 1.69 bits per heavy atom. The molecular formula is C14H23NO. The molecule has 2 nitrogen and oxygen atoms in total. The van der Waals surface area contributed by atoms with Crippen LogP contribution in [0.1, 0.15) is 37.8 Å². The number of hydrogen-bond donors (Lipinski definition) is 1. The summed E-state index contributed by atoms with van der Waals surface area (Å²) in [5.74, 6) is 0.238. The van der Waals surface area contributed by atoms with Gasteiger partial charge in [-0.05, 0) is 24.2 Å². The molecule has 1 aromatic carbocycles. The van der Waals surface area contributed by atoms with Crippen LogP contribution in [0.5, 0.6) is 0 Å². The van der Waals surface area contributed by atoms with Crippen molar-refractivity contribution >= 4 is 0 Å². The van der Waals surface area contributed by atoms with Crippen molar-refractivity contribution < 1.29 is 5.11 Å². The Balaban J connectivity index is 2.64. The van der Waals surface area contributed by atoms with Gasteiger partial charge in [-0.2, -0.15) is 0 Å². The molecule has 0 fully saturated rings. The zero-order valence-corrected chi connectivity index (χ0v) is 10.6. The van der Waals surface area contributed by atoms with Gasteiger partial charge in [0.2, 0.25) is 0 Å². The fraction of sp³-hybridized carbons (Fsp3) is 0.571. The molecule has 0 bridgehead atoms. The first kappa shape index (κ1) is 13.2. The molecule has 0 saturated heterocycles. The average molecular weight is 221 g/mol. The van der Waals surface area contributed by atoms with Crippen LogP contribution in [-0.4, -0.2) is 29.7 Å². The van der Waals surface area contributed by atoms with Crippen molar-refractivity contribution in [3.8, 4) is 0 Å². The normalized spacial score (nSPS) is 13.1. The molecule has 0 heterocycles. The monoisotopic (exact) mass is 221 g/mol. The Morgan fingerprint density at radius 1 is 1.12 bits per heavy atom. The van der Waals surface area contributed by atoms with Crippen molar-refractivity contribution in [1.82, 2.24) is 4.90 Å². The van der Waals surface area contributed by atoms with E-state index < -0.39 is 0 Å². The third kappa shape index (κ3) is 3.62. The molecule has 2 heteroatoms. The van der Waals surface area contributed by atoms with Crippen molar-refractivity contribution in [2.24, 2.45) is 0 Å². The van der Waals surface area contributed by atoms with E-state index in [9.17, 15) is 0 Å². The minimum Gasteiger partial charge on any atom is -0.396 e. The maximum Gasteiger partial charge on any atom is 0.0497 e. The summed E-state index contributed by atoms with van der Waals surface area (Å²) >= 11 is 0. The first-order chi connectivity index (χ1) is 7.71. The third-order valence-corrected chi connectivity index (χ3v) is 3.12. The van der Waals surface area contributed by atoms with Crippen molar-refractivity contribution in [2.45, 2.75) is 33.2 Å². The molecule has 0 radical (unpaired) electrons. The Bertz CT molecular complexity index is 290. The predicted molar refractivity (Wildman–Crippen MR) is 68.6 cm³/mol. The van der Waals surface area contributed by atoms with Crippen LogP contribution in [0.3, 0.4) is 0 Å². The van der Waals surface area contributed by atoms with Gasteiger partial charge in [-0.1, -0.05) is 45.0 Å². The average Bonchev–Trinajstić information content (AvgIpc) is 2.35. The van der Waals surface area contributed by atoms with Crippen LogP contribution >= 0.6 is 0 Å². The summed E-state index contributed by atoms with van der Waals surface area (Å²) in [5.41, 5.74) is 2.56. The van der Waals surface area contributed by atoms with Gasteiger partial charge in [0.05, 0.1) is 0 Å². The van der Waals surface area contributed by atoms with E-state index in [1.54, 1.807) is 0 Å². The van der Waals surface area contributed by atoms with Crippen LogP contribution in [0.2, 0.25) is 0 Å². The molecule has 0 aliphatic heterocycles. The minimum absolute atomic E-state index is 0.218. The lowest BCUT2D eigenvalue weighted by molar-refractivity contribution is 0.273. The highest BCUT2D eigenvalue weighted by atomic mass is 16.3. The Labute approximate surface area is 98.9 Å². The number of aliphatic hydroxyl groups is 1. The second-order valence-electron chi connectivity index (χ2n) is 4.29. The molecule has 1 unspecified atom stereocenters. The highest BCUT2D eigenvalue weighted by molar-refractivity contribution is 5.25. The number of rotatable bonds is 6. The van der Waals surface area contributed by atoms with Crippen molar-refractivity contribution in [2.75, 3.05) is 19.7 Å². The lowest BCUT2D eigenvalue weighted by atomic mass is 10.0. The number of nitrogens with zero attached hydrogens (tertiary/aromatic N) is 1. The van der Waals surface area contributed by atoms with Gasteiger partial charge in [0.25, 0.3) is 0 Å². The molecule has 1 rings (SSSR count). The largest absolute Gasteiger partial charge is 0.396 e. The van der Waals surface area contributed by atoms with E-state index in [0.717, 1.165) is 19.6 Å². The van der Waals surface area contributed by atoms with Gasteiger partial charge in [-0.15, -0.1) is 0 Å². The van der Waals surface area contributed by atoms with Crippen molar-refractivity contribution in [1.29, 1.82) is 0 Å². The van der Waals surface area contributed by atoms with Gasteiger partial charge in [0, 0.05) is 19.1 Å². The molecule has 0 aliphatic carbocycles. The first-order valence-electron chi connectivity index (χ1n) is 6.13. The van der Waals surface area contributed by atoms with Crippen LogP contribution in [0.4, 0.5) is 0 Å². The molecule has 0 amide bonds. The summed E-state index contributed by atoms with van der Waals surface area (Å²) in [7, 11) is 0. The SMILES string of the molecule is CCN(CC)Cc1ccc(C(C)CO)cc1. The van der Waals surface area contributed by atoms with Crippen LogP contribution in [0.25, 0.3) is 0 Å². The number of hydrogen-bond acceptors (Lipinski definition) is 2. The lowest BCUT2D eigenvalue weighted by Gasteiger charge is -2.18. The highest BCUT2D eigenvalue weighted by Gasteiger charge is 2.04. The molecule has 1 aromatic rings. The number of aliphatic hydroxyl groups excluding tert-OH is 1. The van der Waals surface area contributed by atoms with E-state index in [4.69, 9.17) is 5.11 Å². The Kier molecular flexibility index (Phi) is 5.50. The summed E-state index contributed by atoms with van der Waals surface area (Å²) in [6.07, 6.45) is 0. The van der Waals surface area contributed by atoms with Crippen LogP contribution in [-0.2, 0) is 6.54 Å². The summed E-state index contributed by atoms with van der Waals surface area (Å²) in [6.45, 7) is 9.82. The zero-order valence-electron chi connectivity index (χ0n) is 10.6. The quantitative estimate of drug-likeness (QED) is 0.798. The lowest BCUT2D eigenvalue weighted by Crippen LogP contribution is -2.22. The van der Waals surface area contributed by atoms with Crippen LogP contribution in [0.15, 0.2) is 24.3 Å². The zero-order chi connectivity index (χ0) is 12.0. The molecule has 0 spiro atoms. The number of benzene rings is 1. The molecule has 1 atom stereocenters. The Hall–Kier alpha value is -0.860. The molecule has 1 N–H and O–H groups in total. The first-order valence-corrected chi connectivity index (χ1v) is 6.13. The fourth-order valence-electron chi connectivity index (χ4n) is 1.76. The Morgan fingerprint density at radius 3 is 2.12 bits per heavy atom. The second kappa shape index (κ2) is 6.66. The topological polar surface area (TPSA) is 23.5 Å². The van der Waals surface area contributed by atoms with E-state index in [0.29, 0.717) is 0 Å². The molecule has 0 aliphatic rings. The molecule has 16 heavy (non-hydrogen) atoms. The van der Waals surface area contributed by atoms with Gasteiger partial charge >= 0.3 is 0 Å². The van der Waals surface area contributed by atoms with E-state index in [-0.39, 0.29) is 12.5 Å². The maximum absolute atomic E-state index is 9.07. The van der Waals surface area contributed by atoms with Gasteiger partial charge < -0.3 is 5.11 Å². The smallest absolute Gasteiger partial charge is 0.0497 e. The van der Waals surface area contributed by atoms with Crippen molar-refractivity contribution in [3.63, 3.8) is 0 Å². The summed E-state index contributed by atoms with van der Waals surface area (Å²) < 4.78 is 0. The maximum atomic E-state index is 9.07. The standard InChI is InChI=1S/C14H23NO/c1-4-15(5-2)10-13-6-8-14(9-7-13)12(3)11-16/h6-9,12,16H,4-5,10-11H2,1-3H3. The van der Waals surface area contributed by atoms with E-state index in [1.807, 2.05) is 6.92 Å². The van der Waals surface area contributed by atoms with E-state index in [1.165, 1.54) is 11.1 Å². The molecule has 0 aromatic heterocycles. The van der Waals surface area contributed by atoms with Gasteiger partial charge in [0.1, 0.15) is 0 Å². The van der Waals surface area contributed by atoms with E-state index >= 15 is 0 Å². The summed E-state index contributed by atoms with van der Waals surface area (Å²) in [5, 5.41) is 9.07. The second-order valence-corrected chi connectivity index (χ2v) is 4.29. The van der Waals surface area contributed by atoms with E-state index in [2.05, 4.69) is 43.0 Å². The minimum atomic E-state index is 0.218. The summed E-state index contributed by atoms with van der Waals surface area (Å²) in [6, 6.07) is 8.58. The van der Waals surface area contributed by atoms with Crippen molar-refractivity contribution in [3.05, 3.63) is 35.4 Å².